The van der Waals surface area contributed by atoms with Crippen LogP contribution >= 0.6 is 11.8 Å². The number of hydrogen-bond donors (Lipinski definition) is 1. The first kappa shape index (κ1) is 21.3. The van der Waals surface area contributed by atoms with Crippen molar-refractivity contribution in [3.05, 3.63) is 76.2 Å². The summed E-state index contributed by atoms with van der Waals surface area (Å²) in [6.07, 6.45) is 1.48. The summed E-state index contributed by atoms with van der Waals surface area (Å²) in [5.74, 6) is -1.31. The van der Waals surface area contributed by atoms with Crippen LogP contribution in [0.4, 0.5) is 0 Å². The van der Waals surface area contributed by atoms with Gasteiger partial charge in [0, 0.05) is 0 Å². The number of nitrogens with one attached hydrogen (secondary N) is 1. The molecule has 7 nitrogen and oxygen atoms in total. The van der Waals surface area contributed by atoms with Gasteiger partial charge >= 0.3 is 11.9 Å². The number of methoxy groups -OCH3 is 1. The van der Waals surface area contributed by atoms with Crippen LogP contribution in [0.15, 0.2) is 69.3 Å². The minimum absolute atomic E-state index is 0.00565. The Morgan fingerprint density at radius 3 is 2.60 bits per heavy atom. The molecule has 154 valence electrons. The first-order chi connectivity index (χ1) is 14.6. The van der Waals surface area contributed by atoms with Gasteiger partial charge in [0.05, 0.1) is 59.6 Å². The number of benzene rings is 1. The molecule has 1 aromatic carbocycles. The summed E-state index contributed by atoms with van der Waals surface area (Å²) in [6.45, 7) is 1.91. The summed E-state index contributed by atoms with van der Waals surface area (Å²) < 4.78 is 15.6. The number of carbonyl (C=O) groups is 2. The zero-order valence-corrected chi connectivity index (χ0v) is 17.3. The second kappa shape index (κ2) is 9.85. The molecule has 1 aromatic heterocycles. The molecule has 1 N–H and O–H groups in total. The largest absolute Gasteiger partial charge is 0.468 e. The number of ether oxygens (including phenoxy) is 2. The van der Waals surface area contributed by atoms with Crippen molar-refractivity contribution in [2.45, 2.75) is 12.8 Å². The van der Waals surface area contributed by atoms with E-state index in [9.17, 15) is 14.9 Å². The summed E-state index contributed by atoms with van der Waals surface area (Å²) in [7, 11) is 1.30. The molecule has 0 unspecified atom stereocenters. The molecule has 0 spiro atoms. The minimum atomic E-state index is -0.777. The molecule has 1 atom stereocenters. The maximum absolute atomic E-state index is 13.0. The van der Waals surface area contributed by atoms with Crippen LogP contribution in [0.25, 0.3) is 5.70 Å². The Kier molecular flexibility index (Phi) is 6.99. The summed E-state index contributed by atoms with van der Waals surface area (Å²) >= 11 is 1.13. The predicted molar refractivity (Wildman–Crippen MR) is 112 cm³/mol. The fraction of sp³-hybridized carbons (Fsp3) is 0.227. The van der Waals surface area contributed by atoms with E-state index in [1.165, 1.54) is 13.4 Å². The lowest BCUT2D eigenvalue weighted by molar-refractivity contribution is -0.139. The van der Waals surface area contributed by atoms with Gasteiger partial charge in [0.25, 0.3) is 0 Å². The van der Waals surface area contributed by atoms with Gasteiger partial charge in [-0.1, -0.05) is 42.1 Å². The van der Waals surface area contributed by atoms with E-state index >= 15 is 0 Å². The molecular weight excluding hydrogens is 404 g/mol. The molecule has 0 aliphatic carbocycles. The van der Waals surface area contributed by atoms with Crippen LogP contribution in [0, 0.1) is 11.3 Å². The highest BCUT2D eigenvalue weighted by atomic mass is 32.2. The van der Waals surface area contributed by atoms with E-state index in [1.807, 2.05) is 30.3 Å². The summed E-state index contributed by atoms with van der Waals surface area (Å²) in [6, 6.07) is 14.8. The lowest BCUT2D eigenvalue weighted by atomic mass is 9.84. The predicted octanol–water partition coefficient (Wildman–Crippen LogP) is 3.58. The van der Waals surface area contributed by atoms with E-state index in [2.05, 4.69) is 11.4 Å². The van der Waals surface area contributed by atoms with Crippen molar-refractivity contribution in [2.75, 3.05) is 19.5 Å². The molecule has 0 fully saturated rings. The topological polar surface area (TPSA) is 102 Å². The molecule has 2 aromatic rings. The van der Waals surface area contributed by atoms with E-state index in [-0.39, 0.29) is 23.5 Å². The maximum Gasteiger partial charge on any atom is 0.337 e. The normalized spacial score (nSPS) is 16.0. The number of esters is 2. The molecule has 0 saturated heterocycles. The zero-order valence-electron chi connectivity index (χ0n) is 16.5. The zero-order chi connectivity index (χ0) is 21.5. The molecule has 1 aliphatic heterocycles. The number of furan rings is 1. The highest BCUT2D eigenvalue weighted by Gasteiger charge is 2.38. The van der Waals surface area contributed by atoms with Gasteiger partial charge in [-0.2, -0.15) is 5.26 Å². The van der Waals surface area contributed by atoms with E-state index in [0.29, 0.717) is 16.5 Å². The third kappa shape index (κ3) is 4.42. The molecule has 2 heterocycles. The Labute approximate surface area is 178 Å². The molecule has 1 aliphatic rings. The van der Waals surface area contributed by atoms with Gasteiger partial charge in [-0.25, -0.2) is 4.79 Å². The van der Waals surface area contributed by atoms with Crippen LogP contribution in [0.2, 0.25) is 0 Å². The molecule has 3 rings (SSSR count). The summed E-state index contributed by atoms with van der Waals surface area (Å²) in [5, 5.41) is 13.6. The SMILES string of the molecule is CCOC(=O)C1=C(c2ccccc2)NC(SCC(=O)OC)=C(C#N)[C@H]1c1ccco1. The number of allylic oxidation sites excluding steroid dienone is 1. The van der Waals surface area contributed by atoms with Crippen LogP contribution in [0.1, 0.15) is 24.2 Å². The van der Waals surface area contributed by atoms with Crippen molar-refractivity contribution < 1.29 is 23.5 Å². The van der Waals surface area contributed by atoms with Crippen molar-refractivity contribution in [3.63, 3.8) is 0 Å². The Morgan fingerprint density at radius 1 is 1.23 bits per heavy atom. The van der Waals surface area contributed by atoms with Gasteiger partial charge in [0.2, 0.25) is 0 Å². The molecule has 0 saturated carbocycles. The van der Waals surface area contributed by atoms with E-state index in [1.54, 1.807) is 19.1 Å². The summed E-state index contributed by atoms with van der Waals surface area (Å²) in [4.78, 5) is 24.7. The van der Waals surface area contributed by atoms with Crippen LogP contribution in [0.3, 0.4) is 0 Å². The molecule has 0 amide bonds. The fourth-order valence-electron chi connectivity index (χ4n) is 3.09. The van der Waals surface area contributed by atoms with Gasteiger partial charge in [0.1, 0.15) is 5.76 Å². The molecule has 8 heteroatoms. The monoisotopic (exact) mass is 424 g/mol. The third-order valence-corrected chi connectivity index (χ3v) is 5.39. The number of nitriles is 1. The molecule has 30 heavy (non-hydrogen) atoms. The number of carbonyl (C=O) groups excluding carboxylic acids is 2. The Balaban J connectivity index is 2.19. The smallest absolute Gasteiger partial charge is 0.337 e. The van der Waals surface area contributed by atoms with E-state index in [0.717, 1.165) is 17.3 Å². The van der Waals surface area contributed by atoms with E-state index in [4.69, 9.17) is 13.9 Å². The standard InChI is InChI=1S/C22H20N2O5S/c1-3-28-22(26)19-18(16-10-7-11-29-16)15(12-23)21(30-13-17(25)27-2)24-20(19)14-8-5-4-6-9-14/h4-11,18,24H,3,13H2,1-2H3/t18-/m0/s1. The quantitative estimate of drug-likeness (QED) is 0.673. The lowest BCUT2D eigenvalue weighted by Gasteiger charge is -2.29. The number of thioether (sulfide) groups is 1. The van der Waals surface area contributed by atoms with Crippen molar-refractivity contribution in [2.24, 2.45) is 0 Å². The Morgan fingerprint density at radius 2 is 2.00 bits per heavy atom. The Bertz CT molecular complexity index is 1020. The molecular formula is C22H20N2O5S. The lowest BCUT2D eigenvalue weighted by Crippen LogP contribution is -2.29. The highest BCUT2D eigenvalue weighted by molar-refractivity contribution is 8.03. The number of nitrogens with zero attached hydrogens (tertiary/aromatic N) is 1. The number of rotatable bonds is 7. The molecule has 0 bridgehead atoms. The average Bonchev–Trinajstić information content (AvgIpc) is 3.31. The average molecular weight is 424 g/mol. The fourth-order valence-corrected chi connectivity index (χ4v) is 3.96. The van der Waals surface area contributed by atoms with Crippen LogP contribution in [-0.2, 0) is 19.1 Å². The summed E-state index contributed by atoms with van der Waals surface area (Å²) in [5.41, 5.74) is 1.78. The highest BCUT2D eigenvalue weighted by Crippen LogP contribution is 2.43. The van der Waals surface area contributed by atoms with Gasteiger partial charge in [0.15, 0.2) is 0 Å². The van der Waals surface area contributed by atoms with Gasteiger partial charge in [-0.3, -0.25) is 4.79 Å². The number of dihydropyridines is 1. The maximum atomic E-state index is 13.0. The third-order valence-electron chi connectivity index (χ3n) is 4.40. The van der Waals surface area contributed by atoms with Crippen molar-refractivity contribution in [3.8, 4) is 6.07 Å². The van der Waals surface area contributed by atoms with Gasteiger partial charge < -0.3 is 19.2 Å². The molecule has 0 radical (unpaired) electrons. The van der Waals surface area contributed by atoms with Gasteiger partial charge in [-0.15, -0.1) is 0 Å². The minimum Gasteiger partial charge on any atom is -0.468 e. The number of hydrogen-bond acceptors (Lipinski definition) is 8. The van der Waals surface area contributed by atoms with Crippen molar-refractivity contribution >= 4 is 29.4 Å². The Hall–Kier alpha value is -3.44. The first-order valence-electron chi connectivity index (χ1n) is 9.21. The van der Waals surface area contributed by atoms with Crippen LogP contribution in [-0.4, -0.2) is 31.4 Å². The van der Waals surface area contributed by atoms with Crippen LogP contribution in [0.5, 0.6) is 0 Å². The second-order valence-corrected chi connectivity index (χ2v) is 7.15. The second-order valence-electron chi connectivity index (χ2n) is 6.17. The van der Waals surface area contributed by atoms with Crippen molar-refractivity contribution in [1.29, 1.82) is 5.26 Å². The van der Waals surface area contributed by atoms with Gasteiger partial charge in [-0.05, 0) is 24.6 Å². The van der Waals surface area contributed by atoms with Crippen LogP contribution < -0.4 is 5.32 Å². The van der Waals surface area contributed by atoms with Crippen molar-refractivity contribution in [1.82, 2.24) is 5.32 Å². The van der Waals surface area contributed by atoms with E-state index < -0.39 is 17.9 Å². The first-order valence-corrected chi connectivity index (χ1v) is 10.2.